The van der Waals surface area contributed by atoms with Gasteiger partial charge in [-0.2, -0.15) is 27.2 Å². The smallest absolute Gasteiger partial charge is 0.274 e. The van der Waals surface area contributed by atoms with E-state index < -0.39 is 0 Å². The summed E-state index contributed by atoms with van der Waals surface area (Å²) in [6, 6.07) is 9.76. The molecular formula is C17H20N4O2S. The Kier molecular flexibility index (Phi) is 4.28. The van der Waals surface area contributed by atoms with E-state index in [0.717, 1.165) is 36.3 Å². The first-order valence-electron chi connectivity index (χ1n) is 8.25. The van der Waals surface area contributed by atoms with E-state index in [-0.39, 0.29) is 17.6 Å². The maximum absolute atomic E-state index is 12.7. The van der Waals surface area contributed by atoms with Crippen molar-refractivity contribution in [1.29, 1.82) is 0 Å². The summed E-state index contributed by atoms with van der Waals surface area (Å²) in [6.07, 6.45) is 2.80. The van der Waals surface area contributed by atoms with E-state index in [9.17, 15) is 4.79 Å². The summed E-state index contributed by atoms with van der Waals surface area (Å²) in [7, 11) is 0. The summed E-state index contributed by atoms with van der Waals surface area (Å²) in [4.78, 5) is 12.7. The summed E-state index contributed by atoms with van der Waals surface area (Å²) < 4.78 is 6.02. The number of nitrogens with zero attached hydrogens (tertiary/aromatic N) is 2. The van der Waals surface area contributed by atoms with Crippen molar-refractivity contribution >= 4 is 17.7 Å². The zero-order valence-corrected chi connectivity index (χ0v) is 14.1. The van der Waals surface area contributed by atoms with Gasteiger partial charge >= 0.3 is 0 Å². The van der Waals surface area contributed by atoms with E-state index in [1.54, 1.807) is 0 Å². The van der Waals surface area contributed by atoms with Gasteiger partial charge in [-0.25, -0.2) is 0 Å². The number of nitrogens with one attached hydrogen (secondary N) is 2. The molecule has 0 aliphatic carbocycles. The average molecular weight is 344 g/mol. The summed E-state index contributed by atoms with van der Waals surface area (Å²) >= 11 is 1.93. The summed E-state index contributed by atoms with van der Waals surface area (Å²) in [5.41, 5.74) is 1.77. The number of carbonyl (C=O) groups is 1. The second kappa shape index (κ2) is 6.57. The van der Waals surface area contributed by atoms with Crippen LogP contribution in [0.1, 0.15) is 29.8 Å². The molecule has 0 bridgehead atoms. The van der Waals surface area contributed by atoms with Crippen LogP contribution < -0.4 is 5.32 Å². The van der Waals surface area contributed by atoms with Crippen LogP contribution in [0, 0.1) is 0 Å². The van der Waals surface area contributed by atoms with Crippen LogP contribution >= 0.6 is 11.8 Å². The van der Waals surface area contributed by atoms with Crippen molar-refractivity contribution in [3.05, 3.63) is 36.0 Å². The van der Waals surface area contributed by atoms with Gasteiger partial charge in [-0.3, -0.25) is 4.79 Å². The second-order valence-corrected chi connectivity index (χ2v) is 7.49. The highest BCUT2D eigenvalue weighted by Crippen LogP contribution is 2.38. The summed E-state index contributed by atoms with van der Waals surface area (Å²) in [6.45, 7) is 0.704. The van der Waals surface area contributed by atoms with Crippen LogP contribution in [0.2, 0.25) is 0 Å². The molecule has 3 heterocycles. The van der Waals surface area contributed by atoms with Gasteiger partial charge in [-0.1, -0.05) is 30.3 Å². The van der Waals surface area contributed by atoms with Crippen molar-refractivity contribution < 1.29 is 9.53 Å². The van der Waals surface area contributed by atoms with Crippen LogP contribution in [0.4, 0.5) is 0 Å². The van der Waals surface area contributed by atoms with Gasteiger partial charge in [0.05, 0.1) is 5.60 Å². The van der Waals surface area contributed by atoms with Crippen LogP contribution in [-0.2, 0) is 4.74 Å². The van der Waals surface area contributed by atoms with Crippen molar-refractivity contribution in [3.63, 3.8) is 0 Å². The Balaban J connectivity index is 1.48. The fraction of sp³-hybridized carbons (Fsp3) is 0.471. The first kappa shape index (κ1) is 15.7. The molecule has 2 aliphatic rings. The van der Waals surface area contributed by atoms with E-state index in [1.807, 2.05) is 42.1 Å². The number of H-pyrrole nitrogens is 1. The lowest BCUT2D eigenvalue weighted by Crippen LogP contribution is -2.48. The molecule has 2 fully saturated rings. The molecule has 4 rings (SSSR count). The number of hydrogen-bond acceptors (Lipinski definition) is 5. The van der Waals surface area contributed by atoms with E-state index in [4.69, 9.17) is 4.74 Å². The first-order chi connectivity index (χ1) is 11.8. The first-order valence-corrected chi connectivity index (χ1v) is 9.40. The normalized spacial score (nSPS) is 26.6. The van der Waals surface area contributed by atoms with Gasteiger partial charge in [0.1, 0.15) is 5.69 Å². The van der Waals surface area contributed by atoms with Crippen LogP contribution in [0.3, 0.4) is 0 Å². The molecule has 1 aromatic carbocycles. The quantitative estimate of drug-likeness (QED) is 0.893. The largest absolute Gasteiger partial charge is 0.374 e. The SMILES string of the molecule is O=C(N[C@@H]1CCO[C@@]2(CCSC2)C1)c1n[nH]nc1-c1ccccc1. The molecule has 1 spiro atoms. The third-order valence-corrected chi connectivity index (χ3v) is 5.93. The van der Waals surface area contributed by atoms with E-state index in [2.05, 4.69) is 20.7 Å². The van der Waals surface area contributed by atoms with Gasteiger partial charge in [0.15, 0.2) is 5.69 Å². The minimum Gasteiger partial charge on any atom is -0.374 e. The highest BCUT2D eigenvalue weighted by Gasteiger charge is 2.41. The molecule has 24 heavy (non-hydrogen) atoms. The number of aromatic nitrogens is 3. The number of ether oxygens (including phenoxy) is 1. The Morgan fingerprint density at radius 2 is 2.21 bits per heavy atom. The standard InChI is InChI=1S/C17H20N4O2S/c22-16(15-14(19-21-20-15)12-4-2-1-3-5-12)18-13-6-8-23-17(10-13)7-9-24-11-17/h1-5,13H,6-11H2,(H,18,22)(H,19,20,21)/t13-,17+/m1/s1. The van der Waals surface area contributed by atoms with Crippen LogP contribution in [0.5, 0.6) is 0 Å². The lowest BCUT2D eigenvalue weighted by atomic mass is 9.90. The molecule has 0 unspecified atom stereocenters. The maximum atomic E-state index is 12.7. The van der Waals surface area contributed by atoms with Crippen molar-refractivity contribution in [2.45, 2.75) is 30.9 Å². The number of carbonyl (C=O) groups excluding carboxylic acids is 1. The Morgan fingerprint density at radius 3 is 3.00 bits per heavy atom. The third-order valence-electron chi connectivity index (χ3n) is 4.71. The van der Waals surface area contributed by atoms with Gasteiger partial charge in [-0.05, 0) is 25.0 Å². The molecule has 0 saturated carbocycles. The van der Waals surface area contributed by atoms with Crippen LogP contribution in [0.15, 0.2) is 30.3 Å². The fourth-order valence-corrected chi connectivity index (χ4v) is 4.83. The molecule has 1 aromatic heterocycles. The van der Waals surface area contributed by atoms with Crippen molar-refractivity contribution in [2.24, 2.45) is 0 Å². The molecule has 126 valence electrons. The lowest BCUT2D eigenvalue weighted by Gasteiger charge is -2.37. The van der Waals surface area contributed by atoms with Gasteiger partial charge in [0.25, 0.3) is 5.91 Å². The van der Waals surface area contributed by atoms with Gasteiger partial charge in [0, 0.05) is 24.0 Å². The predicted octanol–water partition coefficient (Wildman–Crippen LogP) is 2.26. The summed E-state index contributed by atoms with van der Waals surface area (Å²) in [5, 5.41) is 13.9. The minimum atomic E-state index is -0.171. The number of aromatic amines is 1. The molecule has 1 amide bonds. The van der Waals surface area contributed by atoms with Gasteiger partial charge in [0.2, 0.25) is 0 Å². The number of benzene rings is 1. The zero-order valence-electron chi connectivity index (χ0n) is 13.3. The maximum Gasteiger partial charge on any atom is 0.274 e. The molecule has 6 nitrogen and oxygen atoms in total. The van der Waals surface area contributed by atoms with Crippen LogP contribution in [-0.4, -0.2) is 51.1 Å². The molecule has 7 heteroatoms. The highest BCUT2D eigenvalue weighted by molar-refractivity contribution is 7.99. The Hall–Kier alpha value is -1.86. The topological polar surface area (TPSA) is 79.9 Å². The monoisotopic (exact) mass is 344 g/mol. The predicted molar refractivity (Wildman–Crippen MR) is 92.9 cm³/mol. The average Bonchev–Trinajstić information content (AvgIpc) is 3.26. The van der Waals surface area contributed by atoms with E-state index >= 15 is 0 Å². The molecule has 0 radical (unpaired) electrons. The number of hydrogen-bond donors (Lipinski definition) is 2. The minimum absolute atomic E-state index is 0.0487. The number of rotatable bonds is 3. The highest BCUT2D eigenvalue weighted by atomic mass is 32.2. The molecule has 2 aromatic rings. The van der Waals surface area contributed by atoms with Crippen molar-refractivity contribution in [3.8, 4) is 11.3 Å². The Morgan fingerprint density at radius 1 is 1.33 bits per heavy atom. The molecule has 2 aliphatic heterocycles. The Bertz CT molecular complexity index is 712. The third kappa shape index (κ3) is 3.06. The summed E-state index contributed by atoms with van der Waals surface area (Å²) in [5.74, 6) is 2.00. The van der Waals surface area contributed by atoms with E-state index in [0.29, 0.717) is 18.0 Å². The fourth-order valence-electron chi connectivity index (χ4n) is 3.45. The second-order valence-electron chi connectivity index (χ2n) is 6.38. The van der Waals surface area contributed by atoms with Crippen LogP contribution in [0.25, 0.3) is 11.3 Å². The van der Waals surface area contributed by atoms with Crippen molar-refractivity contribution in [1.82, 2.24) is 20.7 Å². The number of amides is 1. The van der Waals surface area contributed by atoms with Gasteiger partial charge < -0.3 is 10.1 Å². The van der Waals surface area contributed by atoms with Gasteiger partial charge in [-0.15, -0.1) is 0 Å². The van der Waals surface area contributed by atoms with E-state index in [1.165, 1.54) is 0 Å². The molecular weight excluding hydrogens is 324 g/mol. The molecule has 2 N–H and O–H groups in total. The molecule has 2 atom stereocenters. The zero-order chi connectivity index (χ0) is 16.4. The lowest BCUT2D eigenvalue weighted by molar-refractivity contribution is -0.0688. The number of thioether (sulfide) groups is 1. The van der Waals surface area contributed by atoms with Crippen molar-refractivity contribution in [2.75, 3.05) is 18.1 Å². The Labute approximate surface area is 144 Å². The molecule has 2 saturated heterocycles.